The van der Waals surface area contributed by atoms with Crippen molar-refractivity contribution in [2.24, 2.45) is 5.92 Å². The Labute approximate surface area is 231 Å². The van der Waals surface area contributed by atoms with Gasteiger partial charge in [0.2, 0.25) is 0 Å². The number of fused-ring (bicyclic) bond motifs is 1. The standard InChI is InChI=1S/C29H34F3N7O/c1-18(29(30,31)32)26-22-9-6-10-24(37-25-17-38(5)15-19(25)13-33)23(22)12-21(36-26)8-7-11-34-27(40)20-14-35-39(16-20)28(2,3)4/h6,9-10,12,14,16,19,25,37H,1,7-8,11,15,17H2,2-5H3,(H,34,40)/t19-,25-/m1/s1. The first-order valence-electron chi connectivity index (χ1n) is 13.1. The molecule has 2 N–H and O–H groups in total. The van der Waals surface area contributed by atoms with Crippen LogP contribution in [0.5, 0.6) is 0 Å². The molecule has 0 unspecified atom stereocenters. The number of carbonyl (C=O) groups is 1. The molecule has 4 rings (SSSR count). The summed E-state index contributed by atoms with van der Waals surface area (Å²) < 4.78 is 42.9. The van der Waals surface area contributed by atoms with Gasteiger partial charge in [-0.2, -0.15) is 23.5 Å². The van der Waals surface area contributed by atoms with E-state index in [1.807, 2.05) is 32.7 Å². The van der Waals surface area contributed by atoms with Crippen LogP contribution in [0, 0.1) is 17.2 Å². The average Bonchev–Trinajstić information content (AvgIpc) is 3.52. The Hall–Kier alpha value is -3.91. The first-order valence-corrected chi connectivity index (χ1v) is 13.1. The SMILES string of the molecule is C=C(c1nc(CCCNC(=O)c2cnn(C(C)(C)C)c2)cc2c(N[C@@H]3CN(C)C[C@H]3C#N)cccc12)C(F)(F)F. The zero-order chi connectivity index (χ0) is 29.2. The number of halogens is 3. The zero-order valence-corrected chi connectivity index (χ0v) is 23.1. The lowest BCUT2D eigenvalue weighted by atomic mass is 9.99. The molecule has 1 aliphatic rings. The summed E-state index contributed by atoms with van der Waals surface area (Å²) in [6, 6.07) is 9.01. The maximum Gasteiger partial charge on any atom is 0.417 e. The molecule has 1 aliphatic heterocycles. The number of pyridine rings is 1. The minimum Gasteiger partial charge on any atom is -0.379 e. The van der Waals surface area contributed by atoms with Crippen LogP contribution in [0.4, 0.5) is 18.9 Å². The Morgan fingerprint density at radius 1 is 1.23 bits per heavy atom. The van der Waals surface area contributed by atoms with Crippen LogP contribution in [0.2, 0.25) is 0 Å². The molecule has 2 aromatic heterocycles. The number of nitrogens with one attached hydrogen (secondary N) is 2. The third-order valence-electron chi connectivity index (χ3n) is 6.99. The van der Waals surface area contributed by atoms with Crippen LogP contribution in [-0.4, -0.2) is 64.5 Å². The van der Waals surface area contributed by atoms with Crippen LogP contribution in [0.15, 0.2) is 43.2 Å². The van der Waals surface area contributed by atoms with Crippen molar-refractivity contribution in [3.05, 3.63) is 60.2 Å². The van der Waals surface area contributed by atoms with E-state index >= 15 is 0 Å². The van der Waals surface area contributed by atoms with Gasteiger partial charge >= 0.3 is 6.18 Å². The lowest BCUT2D eigenvalue weighted by Crippen LogP contribution is -2.27. The predicted octanol–water partition coefficient (Wildman–Crippen LogP) is 4.99. The van der Waals surface area contributed by atoms with Crippen molar-refractivity contribution in [2.45, 2.75) is 51.4 Å². The van der Waals surface area contributed by atoms with Crippen LogP contribution in [0.1, 0.15) is 48.9 Å². The first-order chi connectivity index (χ1) is 18.8. The highest BCUT2D eigenvalue weighted by Crippen LogP contribution is 2.37. The first kappa shape index (κ1) is 29.1. The number of allylic oxidation sites excluding steroid dienone is 1. The van der Waals surface area contributed by atoms with Crippen molar-refractivity contribution in [1.82, 2.24) is 25.0 Å². The molecule has 11 heteroatoms. The summed E-state index contributed by atoms with van der Waals surface area (Å²) >= 11 is 0. The molecule has 1 amide bonds. The number of carbonyl (C=O) groups excluding carboxylic acids is 1. The Bertz CT molecular complexity index is 1450. The second kappa shape index (κ2) is 11.3. The number of nitriles is 1. The molecule has 40 heavy (non-hydrogen) atoms. The normalized spacial score (nSPS) is 18.1. The van der Waals surface area contributed by atoms with Gasteiger partial charge < -0.3 is 15.5 Å². The van der Waals surface area contributed by atoms with Gasteiger partial charge in [-0.1, -0.05) is 18.7 Å². The monoisotopic (exact) mass is 553 g/mol. The number of hydrogen-bond acceptors (Lipinski definition) is 6. The smallest absolute Gasteiger partial charge is 0.379 e. The topological polar surface area (TPSA) is 98.9 Å². The number of aryl methyl sites for hydroxylation is 1. The molecule has 0 bridgehead atoms. The van der Waals surface area contributed by atoms with Gasteiger partial charge in [0.15, 0.2) is 0 Å². The molecule has 1 aromatic carbocycles. The molecular weight excluding hydrogens is 519 g/mol. The van der Waals surface area contributed by atoms with Gasteiger partial charge in [0.1, 0.15) is 0 Å². The van der Waals surface area contributed by atoms with Crippen LogP contribution in [0.25, 0.3) is 16.3 Å². The quantitative estimate of drug-likeness (QED) is 0.382. The molecule has 3 aromatic rings. The van der Waals surface area contributed by atoms with E-state index in [0.717, 1.165) is 0 Å². The Morgan fingerprint density at radius 2 is 1.98 bits per heavy atom. The van der Waals surface area contributed by atoms with E-state index in [-0.39, 0.29) is 29.1 Å². The molecular formula is C29H34F3N7O. The highest BCUT2D eigenvalue weighted by atomic mass is 19.4. The van der Waals surface area contributed by atoms with Crippen molar-refractivity contribution in [2.75, 3.05) is 32.0 Å². The molecule has 0 aliphatic carbocycles. The van der Waals surface area contributed by atoms with Gasteiger partial charge in [0, 0.05) is 48.0 Å². The van der Waals surface area contributed by atoms with Crippen molar-refractivity contribution in [3.63, 3.8) is 0 Å². The van der Waals surface area contributed by atoms with E-state index in [2.05, 4.69) is 33.4 Å². The number of likely N-dealkylation sites (tertiary alicyclic amines) is 1. The largest absolute Gasteiger partial charge is 0.417 e. The van der Waals surface area contributed by atoms with Crippen molar-refractivity contribution in [1.29, 1.82) is 5.26 Å². The summed E-state index contributed by atoms with van der Waals surface area (Å²) in [5.74, 6) is -0.515. The van der Waals surface area contributed by atoms with E-state index in [0.29, 0.717) is 60.2 Å². The van der Waals surface area contributed by atoms with Crippen LogP contribution in [0.3, 0.4) is 0 Å². The summed E-state index contributed by atoms with van der Waals surface area (Å²) in [5, 5.41) is 21.0. The fraction of sp³-hybridized carbons (Fsp3) is 0.448. The molecule has 3 heterocycles. The van der Waals surface area contributed by atoms with Crippen molar-refractivity contribution >= 4 is 27.9 Å². The highest BCUT2D eigenvalue weighted by Gasteiger charge is 2.35. The number of hydrogen-bond donors (Lipinski definition) is 2. The molecule has 0 radical (unpaired) electrons. The van der Waals surface area contributed by atoms with Crippen LogP contribution >= 0.6 is 0 Å². The van der Waals surface area contributed by atoms with E-state index < -0.39 is 11.7 Å². The summed E-state index contributed by atoms with van der Waals surface area (Å²) in [4.78, 5) is 19.0. The molecule has 8 nitrogen and oxygen atoms in total. The fourth-order valence-electron chi connectivity index (χ4n) is 4.81. The molecule has 0 saturated carbocycles. The number of rotatable bonds is 8. The van der Waals surface area contributed by atoms with Gasteiger partial charge in [-0.15, -0.1) is 0 Å². The van der Waals surface area contributed by atoms with Crippen LogP contribution in [-0.2, 0) is 12.0 Å². The van der Waals surface area contributed by atoms with Gasteiger partial charge in [-0.3, -0.25) is 14.5 Å². The van der Waals surface area contributed by atoms with E-state index in [1.54, 1.807) is 35.1 Å². The van der Waals surface area contributed by atoms with Gasteiger partial charge in [0.25, 0.3) is 5.91 Å². The van der Waals surface area contributed by atoms with Crippen LogP contribution < -0.4 is 10.6 Å². The molecule has 1 fully saturated rings. The second-order valence-corrected chi connectivity index (χ2v) is 11.3. The summed E-state index contributed by atoms with van der Waals surface area (Å²) in [6.45, 7) is 10.8. The third kappa shape index (κ3) is 6.45. The minimum atomic E-state index is -4.65. The summed E-state index contributed by atoms with van der Waals surface area (Å²) in [6.07, 6.45) is -0.643. The van der Waals surface area contributed by atoms with Crippen molar-refractivity contribution in [3.8, 4) is 6.07 Å². The number of benzene rings is 1. The lowest BCUT2D eigenvalue weighted by Gasteiger charge is -2.20. The summed E-state index contributed by atoms with van der Waals surface area (Å²) in [7, 11) is 1.93. The highest BCUT2D eigenvalue weighted by molar-refractivity contribution is 6.00. The number of likely N-dealkylation sites (N-methyl/N-ethyl adjacent to an activating group) is 1. The van der Waals surface area contributed by atoms with E-state index in [9.17, 15) is 23.2 Å². The lowest BCUT2D eigenvalue weighted by molar-refractivity contribution is -0.0688. The molecule has 0 spiro atoms. The van der Waals surface area contributed by atoms with E-state index in [4.69, 9.17) is 0 Å². The average molecular weight is 554 g/mol. The maximum absolute atomic E-state index is 13.7. The summed E-state index contributed by atoms with van der Waals surface area (Å²) in [5.41, 5.74) is 0.0414. The minimum absolute atomic E-state index is 0.163. The number of amides is 1. The fourth-order valence-corrected chi connectivity index (χ4v) is 4.81. The van der Waals surface area contributed by atoms with E-state index in [1.165, 1.54) is 6.20 Å². The Morgan fingerprint density at radius 3 is 2.62 bits per heavy atom. The number of anilines is 1. The number of nitrogens with zero attached hydrogens (tertiary/aromatic N) is 5. The number of aromatic nitrogens is 3. The van der Waals surface area contributed by atoms with Gasteiger partial charge in [-0.05, 0) is 52.8 Å². The predicted molar refractivity (Wildman–Crippen MR) is 149 cm³/mol. The van der Waals surface area contributed by atoms with Gasteiger partial charge in [-0.25, -0.2) is 0 Å². The zero-order valence-electron chi connectivity index (χ0n) is 23.1. The maximum atomic E-state index is 13.7. The Balaban J connectivity index is 1.55. The Kier molecular flexibility index (Phi) is 8.21. The third-order valence-corrected chi connectivity index (χ3v) is 6.99. The number of alkyl halides is 3. The van der Waals surface area contributed by atoms with Gasteiger partial charge in [0.05, 0.1) is 46.6 Å². The molecule has 2 atom stereocenters. The van der Waals surface area contributed by atoms with Crippen molar-refractivity contribution < 1.29 is 18.0 Å². The second-order valence-electron chi connectivity index (χ2n) is 11.3. The molecule has 212 valence electrons. The molecule has 1 saturated heterocycles.